The van der Waals surface area contributed by atoms with Gasteiger partial charge in [-0.25, -0.2) is 10.0 Å². The van der Waals surface area contributed by atoms with E-state index in [2.05, 4.69) is 10.3 Å². The zero-order valence-electron chi connectivity index (χ0n) is 16.1. The molecule has 0 spiro atoms. The fraction of sp³-hybridized carbons (Fsp3) is 0.500. The Morgan fingerprint density at radius 2 is 2.21 bits per heavy atom. The van der Waals surface area contributed by atoms with E-state index in [0.717, 1.165) is 37.1 Å². The van der Waals surface area contributed by atoms with Crippen molar-refractivity contribution < 1.29 is 9.53 Å². The van der Waals surface area contributed by atoms with Crippen molar-refractivity contribution in [3.8, 4) is 6.19 Å². The SMILES string of the molecule is N#CNC(=NCC1CCCO1)N1CC(N2CCCC2=O)C(c2ccc(Cl)cc2)=N1. The van der Waals surface area contributed by atoms with Crippen molar-refractivity contribution in [2.45, 2.75) is 37.8 Å². The molecule has 8 nitrogen and oxygen atoms in total. The highest BCUT2D eigenvalue weighted by atomic mass is 35.5. The summed E-state index contributed by atoms with van der Waals surface area (Å²) in [7, 11) is 0. The van der Waals surface area contributed by atoms with E-state index in [1.807, 2.05) is 35.4 Å². The van der Waals surface area contributed by atoms with Crippen molar-refractivity contribution in [3.05, 3.63) is 34.9 Å². The summed E-state index contributed by atoms with van der Waals surface area (Å²) in [6.07, 6.45) is 5.42. The van der Waals surface area contributed by atoms with Gasteiger partial charge in [0.2, 0.25) is 11.9 Å². The van der Waals surface area contributed by atoms with Gasteiger partial charge < -0.3 is 9.64 Å². The summed E-state index contributed by atoms with van der Waals surface area (Å²) < 4.78 is 5.62. The van der Waals surface area contributed by atoms with Crippen molar-refractivity contribution in [2.75, 3.05) is 26.2 Å². The fourth-order valence-electron chi connectivity index (χ4n) is 3.95. The van der Waals surface area contributed by atoms with Crippen molar-refractivity contribution in [2.24, 2.45) is 10.1 Å². The number of carbonyl (C=O) groups excluding carboxylic acids is 1. The van der Waals surface area contributed by atoms with E-state index < -0.39 is 0 Å². The lowest BCUT2D eigenvalue weighted by atomic mass is 10.0. The number of likely N-dealkylation sites (tertiary alicyclic amines) is 1. The lowest BCUT2D eigenvalue weighted by Gasteiger charge is -2.25. The first kappa shape index (κ1) is 19.7. The maximum atomic E-state index is 12.4. The van der Waals surface area contributed by atoms with Gasteiger partial charge in [0.15, 0.2) is 6.19 Å². The van der Waals surface area contributed by atoms with Crippen LogP contribution in [0.2, 0.25) is 5.02 Å². The lowest BCUT2D eigenvalue weighted by Crippen LogP contribution is -2.46. The molecule has 3 aliphatic rings. The minimum atomic E-state index is -0.195. The van der Waals surface area contributed by atoms with Gasteiger partial charge in [0, 0.05) is 30.2 Å². The number of rotatable bonds is 4. The first-order chi connectivity index (χ1) is 14.2. The molecule has 3 heterocycles. The Kier molecular flexibility index (Phi) is 5.97. The Morgan fingerprint density at radius 1 is 1.38 bits per heavy atom. The van der Waals surface area contributed by atoms with Crippen LogP contribution in [0.25, 0.3) is 0 Å². The third kappa shape index (κ3) is 4.36. The second-order valence-corrected chi connectivity index (χ2v) is 7.75. The van der Waals surface area contributed by atoms with Gasteiger partial charge in [0.1, 0.15) is 0 Å². The number of aliphatic imine (C=N–C) groups is 1. The van der Waals surface area contributed by atoms with Gasteiger partial charge in [0.05, 0.1) is 30.9 Å². The molecule has 152 valence electrons. The summed E-state index contributed by atoms with van der Waals surface area (Å²) in [5.74, 6) is 0.508. The Balaban J connectivity index is 1.61. The first-order valence-electron chi connectivity index (χ1n) is 9.88. The lowest BCUT2D eigenvalue weighted by molar-refractivity contribution is -0.128. The molecule has 29 heavy (non-hydrogen) atoms. The van der Waals surface area contributed by atoms with E-state index in [0.29, 0.717) is 37.0 Å². The number of hydrazone groups is 1. The number of benzene rings is 1. The summed E-state index contributed by atoms with van der Waals surface area (Å²) in [4.78, 5) is 18.8. The third-order valence-corrected chi connectivity index (χ3v) is 5.65. The minimum Gasteiger partial charge on any atom is -0.376 e. The Hall–Kier alpha value is -2.63. The number of hydrogen-bond donors (Lipinski definition) is 1. The highest BCUT2D eigenvalue weighted by Gasteiger charge is 2.38. The molecule has 0 bridgehead atoms. The zero-order chi connectivity index (χ0) is 20.2. The minimum absolute atomic E-state index is 0.0729. The zero-order valence-corrected chi connectivity index (χ0v) is 16.8. The van der Waals surface area contributed by atoms with E-state index in [4.69, 9.17) is 21.4 Å². The maximum Gasteiger partial charge on any atom is 0.228 e. The summed E-state index contributed by atoms with van der Waals surface area (Å²) in [5.41, 5.74) is 1.68. The normalized spacial score (nSPS) is 24.8. The fourth-order valence-corrected chi connectivity index (χ4v) is 4.08. The molecule has 3 aliphatic heterocycles. The molecule has 9 heteroatoms. The number of hydrogen-bond acceptors (Lipinski definition) is 5. The molecule has 0 radical (unpaired) electrons. The van der Waals surface area contributed by atoms with Crippen LogP contribution < -0.4 is 5.32 Å². The standard InChI is InChI=1S/C20H23ClN6O2/c21-15-7-5-14(6-8-15)19-17(26-9-1-4-18(26)28)12-27(25-19)20(24-13-22)23-11-16-3-2-10-29-16/h5-8,16-17H,1-4,9-12H2,(H,23,24). The molecule has 2 unspecified atom stereocenters. The van der Waals surface area contributed by atoms with Gasteiger partial charge >= 0.3 is 0 Å². The first-order valence-corrected chi connectivity index (χ1v) is 10.3. The smallest absolute Gasteiger partial charge is 0.228 e. The molecule has 2 saturated heterocycles. The van der Waals surface area contributed by atoms with Gasteiger partial charge in [0.25, 0.3) is 0 Å². The maximum absolute atomic E-state index is 12.4. The van der Waals surface area contributed by atoms with Gasteiger partial charge in [-0.3, -0.25) is 10.1 Å². The number of halogens is 1. The van der Waals surface area contributed by atoms with Crippen molar-refractivity contribution in [1.29, 1.82) is 5.26 Å². The summed E-state index contributed by atoms with van der Waals surface area (Å²) >= 11 is 6.04. The van der Waals surface area contributed by atoms with E-state index in [9.17, 15) is 10.1 Å². The number of ether oxygens (including phenoxy) is 1. The van der Waals surface area contributed by atoms with Crippen molar-refractivity contribution in [3.63, 3.8) is 0 Å². The second-order valence-electron chi connectivity index (χ2n) is 7.32. The molecular weight excluding hydrogens is 392 g/mol. The van der Waals surface area contributed by atoms with Crippen LogP contribution in [0.1, 0.15) is 31.2 Å². The van der Waals surface area contributed by atoms with E-state index in [1.54, 1.807) is 5.01 Å². The van der Waals surface area contributed by atoms with E-state index >= 15 is 0 Å². The van der Waals surface area contributed by atoms with Crippen LogP contribution in [0.5, 0.6) is 0 Å². The summed E-state index contributed by atoms with van der Waals surface area (Å²) in [6.45, 7) is 2.38. The van der Waals surface area contributed by atoms with Crippen LogP contribution in [-0.2, 0) is 9.53 Å². The van der Waals surface area contributed by atoms with Crippen LogP contribution >= 0.6 is 11.6 Å². The average Bonchev–Trinajstić information content (AvgIpc) is 3.46. The quantitative estimate of drug-likeness (QED) is 0.352. The van der Waals surface area contributed by atoms with Crippen LogP contribution in [0.4, 0.5) is 0 Å². The monoisotopic (exact) mass is 414 g/mol. The molecule has 2 atom stereocenters. The van der Waals surface area contributed by atoms with Crippen LogP contribution in [0.15, 0.2) is 34.4 Å². The number of nitriles is 1. The van der Waals surface area contributed by atoms with Crippen LogP contribution in [-0.4, -0.2) is 65.9 Å². The van der Waals surface area contributed by atoms with Gasteiger partial charge in [-0.1, -0.05) is 23.7 Å². The van der Waals surface area contributed by atoms with Crippen LogP contribution in [0.3, 0.4) is 0 Å². The largest absolute Gasteiger partial charge is 0.376 e. The molecule has 4 rings (SSSR count). The molecule has 1 aromatic carbocycles. The predicted molar refractivity (Wildman–Crippen MR) is 109 cm³/mol. The highest BCUT2D eigenvalue weighted by molar-refractivity contribution is 6.30. The Morgan fingerprint density at radius 3 is 2.86 bits per heavy atom. The molecule has 1 amide bonds. The Bertz CT molecular complexity index is 857. The highest BCUT2D eigenvalue weighted by Crippen LogP contribution is 2.24. The average molecular weight is 415 g/mol. The second kappa shape index (κ2) is 8.80. The van der Waals surface area contributed by atoms with Crippen molar-refractivity contribution in [1.82, 2.24) is 15.2 Å². The number of carbonyl (C=O) groups is 1. The van der Waals surface area contributed by atoms with Gasteiger partial charge in [-0.15, -0.1) is 0 Å². The molecule has 1 aromatic rings. The number of nitrogens with zero attached hydrogens (tertiary/aromatic N) is 5. The molecule has 0 aromatic heterocycles. The Labute approximate surface area is 174 Å². The van der Waals surface area contributed by atoms with Crippen molar-refractivity contribution >= 4 is 29.2 Å². The number of nitrogens with one attached hydrogen (secondary N) is 1. The topological polar surface area (TPSA) is 93.3 Å². The molecule has 0 saturated carbocycles. The van der Waals surface area contributed by atoms with E-state index in [-0.39, 0.29) is 18.1 Å². The number of guanidine groups is 1. The van der Waals surface area contributed by atoms with Crippen LogP contribution in [0, 0.1) is 11.5 Å². The number of amides is 1. The summed E-state index contributed by atoms with van der Waals surface area (Å²) in [6, 6.07) is 7.23. The molecule has 2 fully saturated rings. The van der Waals surface area contributed by atoms with Gasteiger partial charge in [-0.05, 0) is 31.4 Å². The van der Waals surface area contributed by atoms with E-state index in [1.165, 1.54) is 0 Å². The summed E-state index contributed by atoms with van der Waals surface area (Å²) in [5, 5.41) is 18.9. The molecular formula is C20H23ClN6O2. The predicted octanol–water partition coefficient (Wildman–Crippen LogP) is 1.96. The molecule has 1 N–H and O–H groups in total. The van der Waals surface area contributed by atoms with Gasteiger partial charge in [-0.2, -0.15) is 10.4 Å². The third-order valence-electron chi connectivity index (χ3n) is 5.40. The molecule has 0 aliphatic carbocycles.